The van der Waals surface area contributed by atoms with E-state index in [1.165, 1.54) is 79.5 Å². The first-order valence-electron chi connectivity index (χ1n) is 19.5. The van der Waals surface area contributed by atoms with Crippen LogP contribution in [0.25, 0.3) is 0 Å². The molecular weight excluding hydrogens is 601 g/mol. The molecule has 1 saturated heterocycles. The highest BCUT2D eigenvalue weighted by atomic mass is 28.4. The van der Waals surface area contributed by atoms with Crippen LogP contribution < -0.4 is 0 Å². The van der Waals surface area contributed by atoms with Crippen molar-refractivity contribution >= 4 is 16.6 Å². The second-order valence-corrected chi connectivity index (χ2v) is 26.4. The molecule has 1 heterocycles. The molecule has 0 spiro atoms. The van der Waals surface area contributed by atoms with Crippen molar-refractivity contribution in [3.63, 3.8) is 0 Å². The minimum Gasteiger partial charge on any atom is -0.413 e. The summed E-state index contributed by atoms with van der Waals surface area (Å²) in [5, 5.41) is 10.5. The number of fused-ring (bicyclic) bond motifs is 1. The van der Waals surface area contributed by atoms with Gasteiger partial charge in [0, 0.05) is 6.42 Å². The Morgan fingerprint density at radius 1 is 0.935 bits per heavy atom. The second kappa shape index (κ2) is 15.2. The van der Waals surface area contributed by atoms with E-state index < -0.39 is 22.2 Å². The van der Waals surface area contributed by atoms with E-state index >= 15 is 0 Å². The minimum absolute atomic E-state index is 0.0796. The van der Waals surface area contributed by atoms with E-state index in [9.17, 15) is 5.11 Å². The molecular formula is C40H72O4Si2. The summed E-state index contributed by atoms with van der Waals surface area (Å²) >= 11 is 0. The van der Waals surface area contributed by atoms with Crippen LogP contribution in [0.1, 0.15) is 127 Å². The third-order valence-corrected chi connectivity index (χ3v) is 23.1. The highest BCUT2D eigenvalue weighted by Gasteiger charge is 2.58. The lowest BCUT2D eigenvalue weighted by atomic mass is 9.59. The van der Waals surface area contributed by atoms with E-state index in [-0.39, 0.29) is 23.2 Å². The molecule has 6 heteroatoms. The average molecular weight is 673 g/mol. The summed E-state index contributed by atoms with van der Waals surface area (Å²) in [5.74, 6) is 1.63. The van der Waals surface area contributed by atoms with E-state index in [2.05, 4.69) is 67.5 Å². The highest BCUT2D eigenvalue weighted by Crippen LogP contribution is 2.62. The van der Waals surface area contributed by atoms with Crippen molar-refractivity contribution in [1.29, 1.82) is 0 Å². The topological polar surface area (TPSA) is 47.9 Å². The molecule has 1 aliphatic heterocycles. The van der Waals surface area contributed by atoms with Crippen LogP contribution in [-0.2, 0) is 13.6 Å². The van der Waals surface area contributed by atoms with Crippen molar-refractivity contribution < 1.29 is 18.7 Å². The Morgan fingerprint density at radius 3 is 2.13 bits per heavy atom. The summed E-state index contributed by atoms with van der Waals surface area (Å²) in [4.78, 5) is 0. The molecule has 0 aromatic rings. The molecule has 4 nitrogen and oxygen atoms in total. The molecule has 46 heavy (non-hydrogen) atoms. The Hall–Kier alpha value is -0.506. The summed E-state index contributed by atoms with van der Waals surface area (Å²) in [6, 6.07) is 7.06. The van der Waals surface area contributed by atoms with Crippen LogP contribution in [0.5, 0.6) is 0 Å². The third-order valence-electron chi connectivity index (χ3n) is 13.7. The summed E-state index contributed by atoms with van der Waals surface area (Å²) in [5.41, 5.74) is 3.78. The van der Waals surface area contributed by atoms with Gasteiger partial charge in [-0.1, -0.05) is 72.8 Å². The second-order valence-electron chi connectivity index (χ2n) is 17.0. The van der Waals surface area contributed by atoms with Crippen molar-refractivity contribution in [3.05, 3.63) is 35.5 Å². The summed E-state index contributed by atoms with van der Waals surface area (Å²) in [6.07, 6.45) is 15.4. The SMILES string of the molecule is C=C1/C(=C\C=C2/CCC[C@@]3(C)[C@H]2CC[C@@H]3[C@]2(C)C[C@@H](CC(C)(C)O)CO2)CC(O[Si](CC)(CC)CC)C[C@@H]1O[Si](CC)(CC)CC. The first-order valence-corrected chi connectivity index (χ1v) is 24.5. The predicted molar refractivity (Wildman–Crippen MR) is 200 cm³/mol. The maximum Gasteiger partial charge on any atom is 0.192 e. The van der Waals surface area contributed by atoms with Gasteiger partial charge in [-0.3, -0.25) is 0 Å². The van der Waals surface area contributed by atoms with Crippen LogP contribution in [0.3, 0.4) is 0 Å². The molecule has 0 aromatic carbocycles. The van der Waals surface area contributed by atoms with Gasteiger partial charge in [-0.25, -0.2) is 0 Å². The van der Waals surface area contributed by atoms with Crippen molar-refractivity contribution in [2.24, 2.45) is 23.2 Å². The first kappa shape index (κ1) is 38.3. The van der Waals surface area contributed by atoms with Crippen molar-refractivity contribution in [2.45, 2.75) is 187 Å². The summed E-state index contributed by atoms with van der Waals surface area (Å²) in [6.45, 7) is 28.4. The van der Waals surface area contributed by atoms with E-state index in [1.807, 2.05) is 13.8 Å². The molecule has 4 fully saturated rings. The number of allylic oxidation sites excluding steroid dienone is 3. The Bertz CT molecular complexity index is 1080. The van der Waals surface area contributed by atoms with Gasteiger partial charge in [0.15, 0.2) is 16.6 Å². The molecule has 1 unspecified atom stereocenters. The van der Waals surface area contributed by atoms with Gasteiger partial charge < -0.3 is 18.7 Å². The Morgan fingerprint density at radius 2 is 1.54 bits per heavy atom. The summed E-state index contributed by atoms with van der Waals surface area (Å²) < 4.78 is 21.1. The van der Waals surface area contributed by atoms with Gasteiger partial charge in [-0.2, -0.15) is 0 Å². The standard InChI is InChI=1S/C40H72O4Si2/c1-12-45(13-2,14-3)43-34-25-33(30(7)36(26-34)44-46(15-4,16-5)17-6)21-20-32-19-18-24-39(10)35(32)22-23-37(39)40(11)28-31(29-42-40)27-38(8,9)41/h20-21,31,34-37,41H,7,12-19,22-29H2,1-6,8-11H3/b32-20+,33-21-/t31-,34?,35+,36+,37+,39+,40+/m1/s1. The largest absolute Gasteiger partial charge is 0.413 e. The first-order chi connectivity index (χ1) is 21.6. The van der Waals surface area contributed by atoms with Gasteiger partial charge >= 0.3 is 0 Å². The van der Waals surface area contributed by atoms with Gasteiger partial charge in [-0.15, -0.1) is 0 Å². The van der Waals surface area contributed by atoms with E-state index in [1.54, 1.807) is 5.57 Å². The van der Waals surface area contributed by atoms with Gasteiger partial charge in [0.2, 0.25) is 0 Å². The number of aliphatic hydroxyl groups is 1. The van der Waals surface area contributed by atoms with Crippen molar-refractivity contribution in [1.82, 2.24) is 0 Å². The molecule has 3 aliphatic carbocycles. The van der Waals surface area contributed by atoms with Gasteiger partial charge in [-0.05, 0) is 143 Å². The Labute approximate surface area is 286 Å². The van der Waals surface area contributed by atoms with Gasteiger partial charge in [0.05, 0.1) is 30.0 Å². The molecule has 0 amide bonds. The monoisotopic (exact) mass is 672 g/mol. The lowest BCUT2D eigenvalue weighted by Crippen LogP contribution is -2.46. The molecule has 7 atom stereocenters. The van der Waals surface area contributed by atoms with Gasteiger partial charge in [0.1, 0.15) is 0 Å². The number of ether oxygens (including phenoxy) is 1. The average Bonchev–Trinajstić information content (AvgIpc) is 3.58. The third kappa shape index (κ3) is 8.10. The van der Waals surface area contributed by atoms with Crippen LogP contribution in [0.4, 0.5) is 0 Å². The molecule has 0 radical (unpaired) electrons. The molecule has 264 valence electrons. The molecule has 0 bridgehead atoms. The van der Waals surface area contributed by atoms with Crippen LogP contribution in [0, 0.1) is 23.2 Å². The minimum atomic E-state index is -1.79. The van der Waals surface area contributed by atoms with E-state index in [0.717, 1.165) is 32.3 Å². The molecule has 0 aromatic heterocycles. The summed E-state index contributed by atoms with van der Waals surface area (Å²) in [7, 11) is -3.53. The number of rotatable bonds is 14. The fraction of sp³-hybridized carbons (Fsp3) is 0.850. The molecule has 1 N–H and O–H groups in total. The highest BCUT2D eigenvalue weighted by molar-refractivity contribution is 6.74. The molecule has 3 saturated carbocycles. The predicted octanol–water partition coefficient (Wildman–Crippen LogP) is 11.1. The fourth-order valence-electron chi connectivity index (χ4n) is 10.6. The lowest BCUT2D eigenvalue weighted by Gasteiger charge is -2.47. The van der Waals surface area contributed by atoms with E-state index in [4.69, 9.17) is 20.2 Å². The maximum absolute atomic E-state index is 10.5. The molecule has 4 aliphatic rings. The van der Waals surface area contributed by atoms with Crippen molar-refractivity contribution in [3.8, 4) is 0 Å². The van der Waals surface area contributed by atoms with Gasteiger partial charge in [0.25, 0.3) is 0 Å². The Kier molecular flexibility index (Phi) is 12.6. The normalized spacial score (nSPS) is 36.2. The number of hydrogen-bond donors (Lipinski definition) is 1. The zero-order chi connectivity index (χ0) is 34.0. The van der Waals surface area contributed by atoms with Crippen molar-refractivity contribution in [2.75, 3.05) is 6.61 Å². The zero-order valence-electron chi connectivity index (χ0n) is 31.7. The smallest absolute Gasteiger partial charge is 0.192 e. The van der Waals surface area contributed by atoms with E-state index in [0.29, 0.717) is 17.8 Å². The lowest BCUT2D eigenvalue weighted by molar-refractivity contribution is -0.0753. The van der Waals surface area contributed by atoms with Crippen LogP contribution in [-0.4, -0.2) is 51.8 Å². The zero-order valence-corrected chi connectivity index (χ0v) is 33.7. The molecule has 4 rings (SSSR count). The van der Waals surface area contributed by atoms with Crippen LogP contribution in [0.15, 0.2) is 35.5 Å². The fourth-order valence-corrected chi connectivity index (χ4v) is 16.3. The maximum atomic E-state index is 10.5. The van der Waals surface area contributed by atoms with Crippen LogP contribution in [0.2, 0.25) is 36.3 Å². The quantitative estimate of drug-likeness (QED) is 0.187. The number of hydrogen-bond acceptors (Lipinski definition) is 4. The Balaban J connectivity index is 1.59. The van der Waals surface area contributed by atoms with Crippen LogP contribution >= 0.6 is 0 Å².